The highest BCUT2D eigenvalue weighted by atomic mass is 35.5. The number of halogens is 4. The molecule has 5 aromatic rings. The number of rotatable bonds is 9. The molecule has 8 nitrogen and oxygen atoms in total. The average molecular weight is 721 g/mol. The zero-order valence-electron chi connectivity index (χ0n) is 27.8. The first-order valence-electron chi connectivity index (χ1n) is 15.3. The van der Waals surface area contributed by atoms with E-state index in [1.54, 1.807) is 61.9 Å². The summed E-state index contributed by atoms with van der Waals surface area (Å²) < 4.78 is 47.0. The van der Waals surface area contributed by atoms with Crippen LogP contribution in [0.2, 0.25) is 10.0 Å². The summed E-state index contributed by atoms with van der Waals surface area (Å²) in [6, 6.07) is 20.6. The van der Waals surface area contributed by atoms with Crippen molar-refractivity contribution in [3.63, 3.8) is 0 Å². The molecule has 50 heavy (non-hydrogen) atoms. The summed E-state index contributed by atoms with van der Waals surface area (Å²) in [5, 5.41) is 3.54. The van der Waals surface area contributed by atoms with E-state index in [-0.39, 0.29) is 12.1 Å². The molecule has 1 amide bonds. The fraction of sp³-hybridized carbons (Fsp3) is 0.184. The SMILES string of the molecule is COC(=O)c1ccc(Cn2cc(-c3ccc(Cl)cc3Cl)nc2C=Cc2ccc(-c3ccc(NC(=O)OC(C)(C)C)c(OC)c3)cc2)c(F)c1F. The number of imidazole rings is 1. The molecule has 258 valence electrons. The molecular weight excluding hydrogens is 687 g/mol. The molecule has 0 aliphatic rings. The molecule has 0 atom stereocenters. The van der Waals surface area contributed by atoms with Crippen LogP contribution < -0.4 is 10.1 Å². The molecule has 0 aliphatic heterocycles. The molecule has 0 bridgehead atoms. The monoisotopic (exact) mass is 719 g/mol. The molecule has 4 aromatic carbocycles. The van der Waals surface area contributed by atoms with Crippen LogP contribution >= 0.6 is 23.2 Å². The van der Waals surface area contributed by atoms with Gasteiger partial charge in [-0.25, -0.2) is 23.4 Å². The largest absolute Gasteiger partial charge is 0.495 e. The van der Waals surface area contributed by atoms with Gasteiger partial charge < -0.3 is 18.8 Å². The van der Waals surface area contributed by atoms with E-state index < -0.39 is 34.9 Å². The zero-order valence-corrected chi connectivity index (χ0v) is 29.3. The summed E-state index contributed by atoms with van der Waals surface area (Å²) in [5.74, 6) is -2.53. The van der Waals surface area contributed by atoms with Crippen molar-refractivity contribution in [3.05, 3.63) is 123 Å². The fourth-order valence-corrected chi connectivity index (χ4v) is 5.53. The third kappa shape index (κ3) is 8.50. The maximum absolute atomic E-state index is 15.1. The first kappa shape index (κ1) is 36.1. The van der Waals surface area contributed by atoms with Gasteiger partial charge in [-0.1, -0.05) is 65.7 Å². The number of amides is 1. The first-order valence-corrected chi connectivity index (χ1v) is 16.1. The number of ether oxygens (including phenoxy) is 3. The number of anilines is 1. The molecule has 0 saturated carbocycles. The van der Waals surface area contributed by atoms with Gasteiger partial charge in [0.1, 0.15) is 17.2 Å². The normalized spacial score (nSPS) is 11.5. The molecule has 0 spiro atoms. The molecule has 1 N–H and O–H groups in total. The zero-order chi connectivity index (χ0) is 36.2. The number of carbonyl (C=O) groups excluding carboxylic acids is 2. The quantitative estimate of drug-likeness (QED) is 0.153. The van der Waals surface area contributed by atoms with Gasteiger partial charge in [0.15, 0.2) is 11.6 Å². The van der Waals surface area contributed by atoms with Crippen molar-refractivity contribution in [1.29, 1.82) is 0 Å². The second-order valence-electron chi connectivity index (χ2n) is 12.1. The van der Waals surface area contributed by atoms with Crippen LogP contribution in [0.5, 0.6) is 5.75 Å². The molecule has 0 saturated heterocycles. The van der Waals surface area contributed by atoms with Crippen LogP contribution in [0.3, 0.4) is 0 Å². The van der Waals surface area contributed by atoms with E-state index in [4.69, 9.17) is 37.7 Å². The lowest BCUT2D eigenvalue weighted by Gasteiger charge is -2.20. The van der Waals surface area contributed by atoms with Gasteiger partial charge in [-0.15, -0.1) is 0 Å². The van der Waals surface area contributed by atoms with Gasteiger partial charge in [0.05, 0.1) is 42.7 Å². The molecular formula is C38H33Cl2F2N3O5. The number of esters is 1. The van der Waals surface area contributed by atoms with Crippen molar-refractivity contribution < 1.29 is 32.6 Å². The minimum absolute atomic E-state index is 0.00282. The molecule has 0 unspecified atom stereocenters. The van der Waals surface area contributed by atoms with Crippen molar-refractivity contribution in [2.75, 3.05) is 19.5 Å². The lowest BCUT2D eigenvalue weighted by atomic mass is 10.0. The topological polar surface area (TPSA) is 91.7 Å². The Labute approximate surface area is 298 Å². The summed E-state index contributed by atoms with van der Waals surface area (Å²) in [7, 11) is 2.61. The Bertz CT molecular complexity index is 2090. The van der Waals surface area contributed by atoms with Crippen LogP contribution in [0.4, 0.5) is 19.3 Å². The van der Waals surface area contributed by atoms with E-state index >= 15 is 4.39 Å². The second kappa shape index (κ2) is 15.1. The highest BCUT2D eigenvalue weighted by molar-refractivity contribution is 6.36. The predicted octanol–water partition coefficient (Wildman–Crippen LogP) is 10.2. The summed E-state index contributed by atoms with van der Waals surface area (Å²) in [5.41, 5.74) is 3.03. The van der Waals surface area contributed by atoms with Gasteiger partial charge in [0, 0.05) is 22.3 Å². The van der Waals surface area contributed by atoms with Crippen LogP contribution in [-0.2, 0) is 16.0 Å². The Morgan fingerprint density at radius 1 is 0.900 bits per heavy atom. The molecule has 1 aromatic heterocycles. The number of nitrogens with zero attached hydrogens (tertiary/aromatic N) is 2. The molecule has 0 radical (unpaired) electrons. The second-order valence-corrected chi connectivity index (χ2v) is 13.0. The number of hydrogen-bond acceptors (Lipinski definition) is 6. The van der Waals surface area contributed by atoms with Crippen LogP contribution in [-0.4, -0.2) is 41.4 Å². The molecule has 1 heterocycles. The number of nitrogens with one attached hydrogen (secondary N) is 1. The number of carbonyl (C=O) groups is 2. The van der Waals surface area contributed by atoms with E-state index in [0.717, 1.165) is 23.8 Å². The van der Waals surface area contributed by atoms with Crippen molar-refractivity contribution in [2.45, 2.75) is 32.9 Å². The molecule has 12 heteroatoms. The predicted molar refractivity (Wildman–Crippen MR) is 192 cm³/mol. The van der Waals surface area contributed by atoms with Crippen molar-refractivity contribution >= 4 is 53.1 Å². The Kier molecular flexibility index (Phi) is 10.9. The van der Waals surface area contributed by atoms with Gasteiger partial charge in [0.2, 0.25) is 0 Å². The Morgan fingerprint density at radius 3 is 2.28 bits per heavy atom. The number of hydrogen-bond donors (Lipinski definition) is 1. The maximum atomic E-state index is 15.1. The summed E-state index contributed by atoms with van der Waals surface area (Å²) in [6.07, 6.45) is 4.68. The van der Waals surface area contributed by atoms with E-state index in [9.17, 15) is 14.0 Å². The van der Waals surface area contributed by atoms with Crippen molar-refractivity contribution in [2.24, 2.45) is 0 Å². The first-order chi connectivity index (χ1) is 23.8. The molecule has 5 rings (SSSR count). The number of benzene rings is 4. The lowest BCUT2D eigenvalue weighted by molar-refractivity contribution is 0.0592. The maximum Gasteiger partial charge on any atom is 0.412 e. The summed E-state index contributed by atoms with van der Waals surface area (Å²) >= 11 is 12.6. The van der Waals surface area contributed by atoms with Gasteiger partial charge in [-0.3, -0.25) is 5.32 Å². The molecule has 0 fully saturated rings. The third-order valence-electron chi connectivity index (χ3n) is 7.43. The van der Waals surface area contributed by atoms with E-state index in [2.05, 4.69) is 10.1 Å². The highest BCUT2D eigenvalue weighted by Crippen LogP contribution is 2.33. The smallest absolute Gasteiger partial charge is 0.412 e. The minimum Gasteiger partial charge on any atom is -0.495 e. The van der Waals surface area contributed by atoms with Crippen molar-refractivity contribution in [3.8, 4) is 28.1 Å². The molecule has 0 aliphatic carbocycles. The average Bonchev–Trinajstić information content (AvgIpc) is 3.47. The van der Waals surface area contributed by atoms with E-state index in [0.29, 0.717) is 38.6 Å². The highest BCUT2D eigenvalue weighted by Gasteiger charge is 2.21. The van der Waals surface area contributed by atoms with Gasteiger partial charge in [0.25, 0.3) is 0 Å². The number of methoxy groups -OCH3 is 2. The van der Waals surface area contributed by atoms with Gasteiger partial charge >= 0.3 is 12.1 Å². The summed E-state index contributed by atoms with van der Waals surface area (Å²) in [6.45, 7) is 5.26. The van der Waals surface area contributed by atoms with Gasteiger partial charge in [-0.05, 0) is 79.9 Å². The van der Waals surface area contributed by atoms with E-state index in [1.807, 2.05) is 42.5 Å². The Hall–Kier alpha value is -5.19. The van der Waals surface area contributed by atoms with Crippen LogP contribution in [0.15, 0.2) is 79.0 Å². The van der Waals surface area contributed by atoms with Crippen LogP contribution in [0.25, 0.3) is 34.5 Å². The number of aromatic nitrogens is 2. The minimum atomic E-state index is -1.29. The lowest BCUT2D eigenvalue weighted by Crippen LogP contribution is -2.27. The Morgan fingerprint density at radius 2 is 1.62 bits per heavy atom. The third-order valence-corrected chi connectivity index (χ3v) is 7.98. The van der Waals surface area contributed by atoms with Crippen LogP contribution in [0, 0.1) is 11.6 Å². The Balaban J connectivity index is 1.42. The standard InChI is InChI=1S/C38H33Cl2F2N3O5/c1-38(2,3)50-37(47)44-30-16-12-24(18-32(30)48-4)23-9-6-22(7-10-23)8-17-33-43-31(27-15-13-26(39)19-29(27)40)21-45(33)20-25-11-14-28(36(46)49-5)35(42)34(25)41/h6-19,21H,20H2,1-5H3,(H,44,47). The van der Waals surface area contributed by atoms with Crippen molar-refractivity contribution in [1.82, 2.24) is 9.55 Å². The fourth-order valence-electron chi connectivity index (χ4n) is 5.02. The van der Waals surface area contributed by atoms with Gasteiger partial charge in [-0.2, -0.15) is 0 Å². The summed E-state index contributed by atoms with van der Waals surface area (Å²) in [4.78, 5) is 28.9. The van der Waals surface area contributed by atoms with Crippen LogP contribution in [0.1, 0.15) is 48.1 Å². The van der Waals surface area contributed by atoms with E-state index in [1.165, 1.54) is 19.2 Å².